The highest BCUT2D eigenvalue weighted by Crippen LogP contribution is 2.16. The van der Waals surface area contributed by atoms with Gasteiger partial charge in [0.2, 0.25) is 0 Å². The van der Waals surface area contributed by atoms with Gasteiger partial charge in [0.1, 0.15) is 10.4 Å². The molecule has 0 aromatic carbocycles. The molecule has 0 aliphatic carbocycles. The quantitative estimate of drug-likeness (QED) is 0.702. The van der Waals surface area contributed by atoms with E-state index >= 15 is 0 Å². The van der Waals surface area contributed by atoms with Crippen LogP contribution in [0.2, 0.25) is 5.15 Å². The summed E-state index contributed by atoms with van der Waals surface area (Å²) < 4.78 is 0.476. The van der Waals surface area contributed by atoms with Gasteiger partial charge in [0.05, 0.1) is 6.20 Å². The van der Waals surface area contributed by atoms with Gasteiger partial charge in [-0.2, -0.15) is 0 Å². The lowest BCUT2D eigenvalue weighted by Gasteiger charge is -1.92. The van der Waals surface area contributed by atoms with Gasteiger partial charge in [-0.25, -0.2) is 9.97 Å². The Morgan fingerprint density at radius 1 is 1.67 bits per heavy atom. The smallest absolute Gasteiger partial charge is 0.161 e. The Labute approximate surface area is 65.4 Å². The van der Waals surface area contributed by atoms with Gasteiger partial charge in [0.25, 0.3) is 0 Å². The Bertz CT molecular complexity index is 227. The molecular weight excluding hydrogens is 205 g/mol. The van der Waals surface area contributed by atoms with Crippen LogP contribution in [0.5, 0.6) is 0 Å². The lowest BCUT2D eigenvalue weighted by atomic mass is 10.7. The molecule has 2 N–H and O–H groups in total. The third-order valence-electron chi connectivity index (χ3n) is 0.708. The molecule has 0 radical (unpaired) electrons. The van der Waals surface area contributed by atoms with Gasteiger partial charge in [-0.1, -0.05) is 11.6 Å². The van der Waals surface area contributed by atoms with Gasteiger partial charge in [-0.3, -0.25) is 0 Å². The normalized spacial score (nSPS) is 9.56. The van der Waals surface area contributed by atoms with E-state index in [4.69, 9.17) is 17.3 Å². The summed E-state index contributed by atoms with van der Waals surface area (Å²) in [7, 11) is 0. The average Bonchev–Trinajstić information content (AvgIpc) is 1.80. The first-order valence-corrected chi connectivity index (χ1v) is 3.31. The molecule has 0 saturated carbocycles. The second-order valence-corrected chi connectivity index (χ2v) is 2.49. The molecule has 1 rings (SSSR count). The highest BCUT2D eigenvalue weighted by Gasteiger charge is 1.97. The number of halogens is 2. The molecule has 1 heterocycles. The summed E-state index contributed by atoms with van der Waals surface area (Å²) in [5.74, 6) is 0.353. The summed E-state index contributed by atoms with van der Waals surface area (Å²) in [6.45, 7) is 0. The zero-order chi connectivity index (χ0) is 6.85. The first-order valence-electron chi connectivity index (χ1n) is 2.13. The molecule has 0 spiro atoms. The first kappa shape index (κ1) is 6.77. The minimum atomic E-state index is 0.323. The lowest BCUT2D eigenvalue weighted by Crippen LogP contribution is -1.91. The van der Waals surface area contributed by atoms with Crippen LogP contribution in [0.4, 0.5) is 5.82 Å². The maximum Gasteiger partial charge on any atom is 0.161 e. The van der Waals surface area contributed by atoms with Gasteiger partial charge < -0.3 is 5.73 Å². The fourth-order valence-corrected chi connectivity index (χ4v) is 0.763. The molecule has 5 heteroatoms. The Kier molecular flexibility index (Phi) is 1.87. The van der Waals surface area contributed by atoms with Crippen LogP contribution in [0, 0.1) is 0 Å². The number of hydrogen-bond donors (Lipinski definition) is 1. The molecule has 1 aromatic heterocycles. The van der Waals surface area contributed by atoms with Gasteiger partial charge in [0.15, 0.2) is 5.15 Å². The molecule has 48 valence electrons. The molecule has 9 heavy (non-hydrogen) atoms. The second kappa shape index (κ2) is 2.49. The summed E-state index contributed by atoms with van der Waals surface area (Å²) in [6, 6.07) is 0. The van der Waals surface area contributed by atoms with E-state index in [1.807, 2.05) is 0 Å². The van der Waals surface area contributed by atoms with E-state index in [0.717, 1.165) is 0 Å². The van der Waals surface area contributed by atoms with Gasteiger partial charge >= 0.3 is 0 Å². The molecule has 3 nitrogen and oxygen atoms in total. The summed E-state index contributed by atoms with van der Waals surface area (Å²) in [5, 5.41) is 0.323. The van der Waals surface area contributed by atoms with Crippen molar-refractivity contribution in [1.82, 2.24) is 9.97 Å². The standard InChI is InChI=1S/C4H3BrClN3/c5-3-4(6)8-1-2(7)9-3/h1H,(H2,7,9). The van der Waals surface area contributed by atoms with E-state index in [0.29, 0.717) is 15.6 Å². The fraction of sp³-hybridized carbons (Fsp3) is 0. The highest BCUT2D eigenvalue weighted by molar-refractivity contribution is 9.10. The van der Waals surface area contributed by atoms with Gasteiger partial charge in [-0.15, -0.1) is 0 Å². The SMILES string of the molecule is Nc1cnc(Cl)c(Br)n1. The zero-order valence-corrected chi connectivity index (χ0v) is 6.65. The minimum absolute atomic E-state index is 0.323. The minimum Gasteiger partial charge on any atom is -0.382 e. The predicted octanol–water partition coefficient (Wildman–Crippen LogP) is 1.47. The Hall–Kier alpha value is -0.350. The second-order valence-electron chi connectivity index (χ2n) is 1.38. The molecule has 0 fully saturated rings. The molecule has 0 unspecified atom stereocenters. The van der Waals surface area contributed by atoms with Crippen LogP contribution in [0.3, 0.4) is 0 Å². The molecule has 0 saturated heterocycles. The maximum absolute atomic E-state index is 5.50. The van der Waals surface area contributed by atoms with Crippen molar-refractivity contribution in [2.24, 2.45) is 0 Å². The van der Waals surface area contributed by atoms with Crippen molar-refractivity contribution in [1.29, 1.82) is 0 Å². The van der Waals surface area contributed by atoms with Crippen LogP contribution in [0.25, 0.3) is 0 Å². The van der Waals surface area contributed by atoms with Gasteiger partial charge in [0, 0.05) is 0 Å². The number of anilines is 1. The number of nitrogens with zero attached hydrogens (tertiary/aromatic N) is 2. The Balaban J connectivity index is 3.17. The third-order valence-corrected chi connectivity index (χ3v) is 1.77. The van der Waals surface area contributed by atoms with E-state index in [2.05, 4.69) is 25.9 Å². The summed E-state index contributed by atoms with van der Waals surface area (Å²) >= 11 is 8.57. The highest BCUT2D eigenvalue weighted by atomic mass is 79.9. The fourth-order valence-electron chi connectivity index (χ4n) is 0.364. The largest absolute Gasteiger partial charge is 0.382 e. The molecule has 0 atom stereocenters. The first-order chi connectivity index (χ1) is 4.20. The van der Waals surface area contributed by atoms with Crippen molar-refractivity contribution < 1.29 is 0 Å². The van der Waals surface area contributed by atoms with Crippen LogP contribution in [0.1, 0.15) is 0 Å². The van der Waals surface area contributed by atoms with Crippen LogP contribution >= 0.6 is 27.5 Å². The maximum atomic E-state index is 5.50. The van der Waals surface area contributed by atoms with Crippen LogP contribution in [0.15, 0.2) is 10.8 Å². The number of aromatic nitrogens is 2. The van der Waals surface area contributed by atoms with Crippen LogP contribution in [-0.4, -0.2) is 9.97 Å². The van der Waals surface area contributed by atoms with Crippen molar-refractivity contribution in [3.05, 3.63) is 16.0 Å². The predicted molar refractivity (Wildman–Crippen MR) is 39.2 cm³/mol. The zero-order valence-electron chi connectivity index (χ0n) is 4.31. The van der Waals surface area contributed by atoms with E-state index < -0.39 is 0 Å². The third kappa shape index (κ3) is 1.53. The van der Waals surface area contributed by atoms with Crippen molar-refractivity contribution in [3.8, 4) is 0 Å². The van der Waals surface area contributed by atoms with Crippen molar-refractivity contribution in [2.75, 3.05) is 5.73 Å². The van der Waals surface area contributed by atoms with Crippen molar-refractivity contribution in [2.45, 2.75) is 0 Å². The molecule has 0 aliphatic rings. The Morgan fingerprint density at radius 2 is 2.33 bits per heavy atom. The number of nitrogens with two attached hydrogens (primary N) is 1. The molecule has 0 amide bonds. The average molecular weight is 208 g/mol. The van der Waals surface area contributed by atoms with Crippen LogP contribution in [-0.2, 0) is 0 Å². The van der Waals surface area contributed by atoms with Crippen LogP contribution < -0.4 is 5.73 Å². The molecule has 0 aliphatic heterocycles. The number of nitrogen functional groups attached to an aromatic ring is 1. The van der Waals surface area contributed by atoms with E-state index in [1.54, 1.807) is 0 Å². The summed E-state index contributed by atoms with van der Waals surface area (Å²) in [6.07, 6.45) is 1.40. The topological polar surface area (TPSA) is 51.8 Å². The molecule has 0 bridgehead atoms. The lowest BCUT2D eigenvalue weighted by molar-refractivity contribution is 1.18. The van der Waals surface area contributed by atoms with Gasteiger partial charge in [-0.05, 0) is 15.9 Å². The summed E-state index contributed by atoms with van der Waals surface area (Å²) in [5.41, 5.74) is 5.27. The monoisotopic (exact) mass is 207 g/mol. The molecule has 1 aromatic rings. The number of hydrogen-bond acceptors (Lipinski definition) is 3. The van der Waals surface area contributed by atoms with E-state index in [1.165, 1.54) is 6.20 Å². The Morgan fingerprint density at radius 3 is 2.78 bits per heavy atom. The van der Waals surface area contributed by atoms with Crippen molar-refractivity contribution in [3.63, 3.8) is 0 Å². The molecular formula is C4H3BrClN3. The van der Waals surface area contributed by atoms with E-state index in [-0.39, 0.29) is 0 Å². The van der Waals surface area contributed by atoms with Crippen molar-refractivity contribution >= 4 is 33.3 Å². The summed E-state index contributed by atoms with van der Waals surface area (Å²) in [4.78, 5) is 7.48. The number of rotatable bonds is 0. The van der Waals surface area contributed by atoms with E-state index in [9.17, 15) is 0 Å².